The molecule has 1 fully saturated rings. The zero-order chi connectivity index (χ0) is 12.3. The van der Waals surface area contributed by atoms with Crippen molar-refractivity contribution in [3.05, 3.63) is 29.8 Å². The Morgan fingerprint density at radius 1 is 1.24 bits per heavy atom. The van der Waals surface area contributed by atoms with Crippen molar-refractivity contribution < 1.29 is 4.79 Å². The first-order valence-corrected chi connectivity index (χ1v) is 6.58. The molecule has 0 amide bonds. The minimum atomic E-state index is 0.405. The highest BCUT2D eigenvalue weighted by molar-refractivity contribution is 5.81. The summed E-state index contributed by atoms with van der Waals surface area (Å²) in [5.41, 5.74) is 2.75. The van der Waals surface area contributed by atoms with Crippen molar-refractivity contribution in [2.75, 3.05) is 18.0 Å². The molecule has 1 aliphatic heterocycles. The monoisotopic (exact) mass is 231 g/mol. The standard InChI is InChI=1S/C15H21NO/c1-3-12(2)14-6-4-5-7-15(14)16-10-8-13(17)9-11-16/h4-7,12H,3,8-11H2,1-2H3. The van der Waals surface area contributed by atoms with Crippen molar-refractivity contribution in [2.45, 2.75) is 39.0 Å². The molecule has 1 aromatic carbocycles. The number of hydrogen-bond donors (Lipinski definition) is 0. The number of anilines is 1. The van der Waals surface area contributed by atoms with Crippen LogP contribution in [0, 0.1) is 0 Å². The summed E-state index contributed by atoms with van der Waals surface area (Å²) in [5.74, 6) is 0.992. The molecule has 1 aromatic rings. The van der Waals surface area contributed by atoms with Gasteiger partial charge in [0.15, 0.2) is 0 Å². The third kappa shape index (κ3) is 2.68. The molecule has 0 aliphatic carbocycles. The molecule has 1 saturated heterocycles. The van der Waals surface area contributed by atoms with Gasteiger partial charge in [0.25, 0.3) is 0 Å². The molecule has 0 bridgehead atoms. The number of hydrogen-bond acceptors (Lipinski definition) is 2. The van der Waals surface area contributed by atoms with Crippen LogP contribution in [0.3, 0.4) is 0 Å². The number of nitrogens with zero attached hydrogens (tertiary/aromatic N) is 1. The van der Waals surface area contributed by atoms with Gasteiger partial charge in [-0.2, -0.15) is 0 Å². The fourth-order valence-corrected chi connectivity index (χ4v) is 2.41. The van der Waals surface area contributed by atoms with Gasteiger partial charge in [-0.3, -0.25) is 4.79 Å². The lowest BCUT2D eigenvalue weighted by molar-refractivity contribution is -0.119. The Morgan fingerprint density at radius 2 is 1.88 bits per heavy atom. The van der Waals surface area contributed by atoms with Crippen LogP contribution in [0.5, 0.6) is 0 Å². The van der Waals surface area contributed by atoms with E-state index >= 15 is 0 Å². The Kier molecular flexibility index (Phi) is 3.82. The van der Waals surface area contributed by atoms with Crippen molar-refractivity contribution in [1.29, 1.82) is 0 Å². The second kappa shape index (κ2) is 5.35. The summed E-state index contributed by atoms with van der Waals surface area (Å²) in [4.78, 5) is 13.7. The number of carbonyl (C=O) groups is 1. The molecule has 2 heteroatoms. The predicted molar refractivity (Wildman–Crippen MR) is 71.6 cm³/mol. The Morgan fingerprint density at radius 3 is 2.53 bits per heavy atom. The van der Waals surface area contributed by atoms with Crippen molar-refractivity contribution >= 4 is 11.5 Å². The zero-order valence-corrected chi connectivity index (χ0v) is 10.8. The number of Topliss-reactive ketones (excluding diaryl/α,β-unsaturated/α-hetero) is 1. The molecule has 1 atom stereocenters. The molecule has 1 heterocycles. The fraction of sp³-hybridized carbons (Fsp3) is 0.533. The maximum Gasteiger partial charge on any atom is 0.136 e. The van der Waals surface area contributed by atoms with Crippen LogP contribution in [0.15, 0.2) is 24.3 Å². The second-order valence-corrected chi connectivity index (χ2v) is 4.89. The fourth-order valence-electron chi connectivity index (χ4n) is 2.41. The van der Waals surface area contributed by atoms with Crippen LogP contribution in [0.1, 0.15) is 44.6 Å². The summed E-state index contributed by atoms with van der Waals surface area (Å²) in [7, 11) is 0. The van der Waals surface area contributed by atoms with Gasteiger partial charge in [-0.1, -0.05) is 32.0 Å². The third-order valence-electron chi connectivity index (χ3n) is 3.74. The molecule has 0 radical (unpaired) electrons. The average molecular weight is 231 g/mol. The van der Waals surface area contributed by atoms with E-state index in [-0.39, 0.29) is 0 Å². The van der Waals surface area contributed by atoms with Gasteiger partial charge in [-0.15, -0.1) is 0 Å². The van der Waals surface area contributed by atoms with Gasteiger partial charge in [0, 0.05) is 31.6 Å². The summed E-state index contributed by atoms with van der Waals surface area (Å²) in [5, 5.41) is 0. The van der Waals surface area contributed by atoms with Crippen LogP contribution < -0.4 is 4.90 Å². The molecule has 17 heavy (non-hydrogen) atoms. The largest absolute Gasteiger partial charge is 0.370 e. The Balaban J connectivity index is 2.22. The van der Waals surface area contributed by atoms with Crippen LogP contribution in [0.2, 0.25) is 0 Å². The van der Waals surface area contributed by atoms with Gasteiger partial charge in [0.05, 0.1) is 0 Å². The van der Waals surface area contributed by atoms with Gasteiger partial charge >= 0.3 is 0 Å². The Labute approximate surface area is 104 Å². The number of para-hydroxylation sites is 1. The lowest BCUT2D eigenvalue weighted by Gasteiger charge is -2.31. The predicted octanol–water partition coefficient (Wildman–Crippen LogP) is 3.37. The molecular weight excluding hydrogens is 210 g/mol. The summed E-state index contributed by atoms with van der Waals surface area (Å²) in [6, 6.07) is 8.62. The molecule has 2 rings (SSSR count). The summed E-state index contributed by atoms with van der Waals surface area (Å²) in [6.07, 6.45) is 2.56. The first-order chi connectivity index (χ1) is 8.22. The second-order valence-electron chi connectivity index (χ2n) is 4.89. The lowest BCUT2D eigenvalue weighted by atomic mass is 9.95. The van der Waals surface area contributed by atoms with E-state index < -0.39 is 0 Å². The van der Waals surface area contributed by atoms with Gasteiger partial charge < -0.3 is 4.90 Å². The van der Waals surface area contributed by atoms with Crippen molar-refractivity contribution in [1.82, 2.24) is 0 Å². The van der Waals surface area contributed by atoms with E-state index in [1.807, 2.05) is 0 Å². The number of piperidine rings is 1. The number of ketones is 1. The first-order valence-electron chi connectivity index (χ1n) is 6.58. The molecule has 1 unspecified atom stereocenters. The zero-order valence-electron chi connectivity index (χ0n) is 10.8. The van der Waals surface area contributed by atoms with Crippen LogP contribution in [0.4, 0.5) is 5.69 Å². The van der Waals surface area contributed by atoms with Crippen LogP contribution in [-0.2, 0) is 4.79 Å². The highest BCUT2D eigenvalue weighted by atomic mass is 16.1. The number of rotatable bonds is 3. The van der Waals surface area contributed by atoms with Crippen molar-refractivity contribution in [2.24, 2.45) is 0 Å². The number of carbonyl (C=O) groups excluding carboxylic acids is 1. The average Bonchev–Trinajstić information content (AvgIpc) is 2.39. The van der Waals surface area contributed by atoms with Crippen LogP contribution in [0.25, 0.3) is 0 Å². The van der Waals surface area contributed by atoms with Crippen LogP contribution >= 0.6 is 0 Å². The normalized spacial score (nSPS) is 18.2. The summed E-state index contributed by atoms with van der Waals surface area (Å²) in [6.45, 7) is 6.26. The minimum absolute atomic E-state index is 0.405. The van der Waals surface area contributed by atoms with E-state index in [0.717, 1.165) is 19.5 Å². The molecule has 2 nitrogen and oxygen atoms in total. The third-order valence-corrected chi connectivity index (χ3v) is 3.74. The molecule has 0 spiro atoms. The summed E-state index contributed by atoms with van der Waals surface area (Å²) < 4.78 is 0. The highest BCUT2D eigenvalue weighted by Crippen LogP contribution is 2.30. The quantitative estimate of drug-likeness (QED) is 0.795. The SMILES string of the molecule is CCC(C)c1ccccc1N1CCC(=O)CC1. The highest BCUT2D eigenvalue weighted by Gasteiger charge is 2.19. The van der Waals surface area contributed by atoms with E-state index in [1.54, 1.807) is 0 Å². The van der Waals surface area contributed by atoms with Crippen molar-refractivity contribution in [3.63, 3.8) is 0 Å². The molecule has 92 valence electrons. The lowest BCUT2D eigenvalue weighted by Crippen LogP contribution is -2.34. The molecule has 0 saturated carbocycles. The smallest absolute Gasteiger partial charge is 0.136 e. The molecule has 0 aromatic heterocycles. The number of benzene rings is 1. The summed E-state index contributed by atoms with van der Waals surface area (Å²) >= 11 is 0. The molecule has 0 N–H and O–H groups in total. The van der Waals surface area contributed by atoms with E-state index in [1.165, 1.54) is 11.3 Å². The molecule has 1 aliphatic rings. The van der Waals surface area contributed by atoms with Gasteiger partial charge in [0.2, 0.25) is 0 Å². The minimum Gasteiger partial charge on any atom is -0.370 e. The van der Waals surface area contributed by atoms with Gasteiger partial charge in [0.1, 0.15) is 5.78 Å². The Bertz CT molecular complexity index is 390. The van der Waals surface area contributed by atoms with E-state index in [0.29, 0.717) is 24.5 Å². The van der Waals surface area contributed by atoms with Crippen molar-refractivity contribution in [3.8, 4) is 0 Å². The maximum absolute atomic E-state index is 11.3. The van der Waals surface area contributed by atoms with Crippen LogP contribution in [-0.4, -0.2) is 18.9 Å². The maximum atomic E-state index is 11.3. The molecular formula is C15H21NO. The Hall–Kier alpha value is -1.31. The van der Waals surface area contributed by atoms with E-state index in [2.05, 4.69) is 43.0 Å². The first kappa shape index (κ1) is 12.2. The topological polar surface area (TPSA) is 20.3 Å². The van der Waals surface area contributed by atoms with E-state index in [9.17, 15) is 4.79 Å². The van der Waals surface area contributed by atoms with Gasteiger partial charge in [-0.25, -0.2) is 0 Å². The van der Waals surface area contributed by atoms with Gasteiger partial charge in [-0.05, 0) is 24.0 Å². The van der Waals surface area contributed by atoms with E-state index in [4.69, 9.17) is 0 Å².